The first kappa shape index (κ1) is 22.6. The molecular formula is C25H36N2O3. The molecule has 1 aliphatic heterocycles. The van der Waals surface area contributed by atoms with Crippen molar-refractivity contribution < 1.29 is 14.9 Å². The van der Waals surface area contributed by atoms with Crippen LogP contribution in [-0.2, 0) is 6.42 Å². The molecule has 0 radical (unpaired) electrons. The van der Waals surface area contributed by atoms with Gasteiger partial charge in [-0.25, -0.2) is 4.90 Å². The minimum absolute atomic E-state index is 0.188. The Labute approximate surface area is 180 Å². The fourth-order valence-electron chi connectivity index (χ4n) is 4.09. The van der Waals surface area contributed by atoms with Gasteiger partial charge in [0.05, 0.1) is 6.10 Å². The third-order valence-electron chi connectivity index (χ3n) is 5.93. The molecule has 1 saturated heterocycles. The van der Waals surface area contributed by atoms with Gasteiger partial charge in [-0.15, -0.1) is 0 Å². The zero-order chi connectivity index (χ0) is 21.5. The molecule has 3 rings (SSSR count). The lowest BCUT2D eigenvalue weighted by Crippen LogP contribution is -2.48. The van der Waals surface area contributed by atoms with Crippen LogP contribution in [0.25, 0.3) is 0 Å². The van der Waals surface area contributed by atoms with Crippen LogP contribution in [0.4, 0.5) is 5.69 Å². The lowest BCUT2D eigenvalue weighted by molar-refractivity contribution is -0.109. The van der Waals surface area contributed by atoms with Gasteiger partial charge in [0, 0.05) is 31.9 Å². The van der Waals surface area contributed by atoms with Crippen LogP contribution in [0.15, 0.2) is 48.5 Å². The zero-order valence-corrected chi connectivity index (χ0v) is 18.5. The van der Waals surface area contributed by atoms with E-state index in [-0.39, 0.29) is 6.23 Å². The van der Waals surface area contributed by atoms with E-state index >= 15 is 0 Å². The Hall–Kier alpha value is -2.08. The van der Waals surface area contributed by atoms with Crippen molar-refractivity contribution in [3.05, 3.63) is 59.7 Å². The molecule has 164 valence electrons. The first-order valence-electron chi connectivity index (χ1n) is 11.1. The van der Waals surface area contributed by atoms with Gasteiger partial charge in [-0.3, -0.25) is 0 Å². The average molecular weight is 413 g/mol. The third-order valence-corrected chi connectivity index (χ3v) is 5.93. The van der Waals surface area contributed by atoms with Gasteiger partial charge in [0.1, 0.15) is 12.0 Å². The van der Waals surface area contributed by atoms with E-state index in [0.717, 1.165) is 44.2 Å². The molecule has 2 aromatic carbocycles. The highest BCUT2D eigenvalue weighted by atomic mass is 16.5. The average Bonchev–Trinajstić information content (AvgIpc) is 2.77. The van der Waals surface area contributed by atoms with E-state index in [9.17, 15) is 10.2 Å². The number of hydrogen-bond acceptors (Lipinski definition) is 5. The van der Waals surface area contributed by atoms with Crippen molar-refractivity contribution in [2.24, 2.45) is 0 Å². The monoisotopic (exact) mass is 412 g/mol. The molecular weight excluding hydrogens is 376 g/mol. The topological polar surface area (TPSA) is 56.2 Å². The van der Waals surface area contributed by atoms with Crippen LogP contribution >= 0.6 is 0 Å². The van der Waals surface area contributed by atoms with Gasteiger partial charge in [0.2, 0.25) is 0 Å². The van der Waals surface area contributed by atoms with Crippen molar-refractivity contribution >= 4 is 5.69 Å². The molecule has 1 fully saturated rings. The predicted molar refractivity (Wildman–Crippen MR) is 122 cm³/mol. The molecule has 3 atom stereocenters. The number of benzene rings is 2. The first-order chi connectivity index (χ1) is 14.5. The number of aliphatic hydroxyl groups is 2. The standard InChI is InChI=1S/C25H36N2O3/c1-4-25(27-18-8-7-11-24(27)29)30-23-10-6-5-9-21(23)22(28)17-14-19-12-15-20(16-13-19)26(2)3/h5-6,9-10,12-13,15-16,22,24-25,28-29H,4,7-8,11,14,17-18H2,1-3H3. The minimum atomic E-state index is -0.599. The highest BCUT2D eigenvalue weighted by Crippen LogP contribution is 2.31. The summed E-state index contributed by atoms with van der Waals surface area (Å²) in [7, 11) is 4.06. The Balaban J connectivity index is 1.66. The highest BCUT2D eigenvalue weighted by Gasteiger charge is 2.28. The molecule has 1 heterocycles. The molecule has 0 aromatic heterocycles. The van der Waals surface area contributed by atoms with E-state index in [2.05, 4.69) is 36.1 Å². The molecule has 2 N–H and O–H groups in total. The SMILES string of the molecule is CCC(Oc1ccccc1C(O)CCc1ccc(N(C)C)cc1)N1CCCCC1O. The maximum atomic E-state index is 10.9. The molecule has 0 aliphatic carbocycles. The van der Waals surface area contributed by atoms with E-state index in [4.69, 9.17) is 4.74 Å². The predicted octanol–water partition coefficient (Wildman–Crippen LogP) is 4.34. The Morgan fingerprint density at radius 3 is 2.50 bits per heavy atom. The summed E-state index contributed by atoms with van der Waals surface area (Å²) in [5.41, 5.74) is 3.19. The van der Waals surface area contributed by atoms with Crippen molar-refractivity contribution in [2.45, 2.75) is 64.0 Å². The quantitative estimate of drug-likeness (QED) is 0.642. The molecule has 0 spiro atoms. The van der Waals surface area contributed by atoms with Gasteiger partial charge in [-0.05, 0) is 62.3 Å². The maximum absolute atomic E-state index is 10.9. The van der Waals surface area contributed by atoms with Crippen LogP contribution in [0.2, 0.25) is 0 Å². The molecule has 1 aliphatic rings. The van der Waals surface area contributed by atoms with Crippen molar-refractivity contribution in [3.8, 4) is 5.75 Å². The molecule has 0 bridgehead atoms. The second kappa shape index (κ2) is 10.8. The fraction of sp³-hybridized carbons (Fsp3) is 0.520. The first-order valence-corrected chi connectivity index (χ1v) is 11.1. The number of aryl methyl sites for hydroxylation is 1. The number of rotatable bonds is 9. The van der Waals surface area contributed by atoms with Crippen LogP contribution in [0.5, 0.6) is 5.75 Å². The number of nitrogens with zero attached hydrogens (tertiary/aromatic N) is 2. The summed E-state index contributed by atoms with van der Waals surface area (Å²) in [6.07, 6.45) is 3.89. The normalized spacial score (nSPS) is 19.3. The molecule has 5 heteroatoms. The number of anilines is 1. The summed E-state index contributed by atoms with van der Waals surface area (Å²) in [5.74, 6) is 0.706. The lowest BCUT2D eigenvalue weighted by atomic mass is 10.0. The molecule has 2 aromatic rings. The van der Waals surface area contributed by atoms with Crippen LogP contribution in [0.3, 0.4) is 0 Å². The van der Waals surface area contributed by atoms with Crippen LogP contribution in [0, 0.1) is 0 Å². The lowest BCUT2D eigenvalue weighted by Gasteiger charge is -2.38. The van der Waals surface area contributed by atoms with E-state index in [0.29, 0.717) is 12.2 Å². The van der Waals surface area contributed by atoms with E-state index in [1.807, 2.05) is 43.3 Å². The van der Waals surface area contributed by atoms with Crippen molar-refractivity contribution in [1.82, 2.24) is 4.90 Å². The number of piperidine rings is 1. The van der Waals surface area contributed by atoms with Crippen LogP contribution in [0.1, 0.15) is 56.3 Å². The van der Waals surface area contributed by atoms with Crippen molar-refractivity contribution in [1.29, 1.82) is 0 Å². The van der Waals surface area contributed by atoms with E-state index in [1.54, 1.807) is 0 Å². The van der Waals surface area contributed by atoms with Crippen molar-refractivity contribution in [2.75, 3.05) is 25.5 Å². The number of para-hydroxylation sites is 1. The summed E-state index contributed by atoms with van der Waals surface area (Å²) in [4.78, 5) is 4.12. The molecule has 0 amide bonds. The number of ether oxygens (including phenoxy) is 1. The smallest absolute Gasteiger partial charge is 0.154 e. The molecule has 30 heavy (non-hydrogen) atoms. The van der Waals surface area contributed by atoms with Gasteiger partial charge in [-0.2, -0.15) is 0 Å². The van der Waals surface area contributed by atoms with Crippen LogP contribution in [-0.4, -0.2) is 48.2 Å². The Bertz CT molecular complexity index is 778. The molecule has 5 nitrogen and oxygen atoms in total. The largest absolute Gasteiger partial charge is 0.475 e. The van der Waals surface area contributed by atoms with Gasteiger partial charge >= 0.3 is 0 Å². The minimum Gasteiger partial charge on any atom is -0.475 e. The third kappa shape index (κ3) is 5.75. The van der Waals surface area contributed by atoms with Crippen molar-refractivity contribution in [3.63, 3.8) is 0 Å². The van der Waals surface area contributed by atoms with E-state index < -0.39 is 12.3 Å². The summed E-state index contributed by atoms with van der Waals surface area (Å²) >= 11 is 0. The van der Waals surface area contributed by atoms with Gasteiger partial charge in [0.25, 0.3) is 0 Å². The van der Waals surface area contributed by atoms with Gasteiger partial charge in [0.15, 0.2) is 6.23 Å². The molecule has 3 unspecified atom stereocenters. The Morgan fingerprint density at radius 2 is 1.83 bits per heavy atom. The second-order valence-electron chi connectivity index (χ2n) is 8.35. The number of aliphatic hydroxyl groups excluding tert-OH is 2. The zero-order valence-electron chi connectivity index (χ0n) is 18.5. The Morgan fingerprint density at radius 1 is 1.10 bits per heavy atom. The Kier molecular flexibility index (Phi) is 8.14. The summed E-state index contributed by atoms with van der Waals surface area (Å²) in [6, 6.07) is 16.2. The van der Waals surface area contributed by atoms with E-state index in [1.165, 1.54) is 11.3 Å². The number of hydrogen-bond donors (Lipinski definition) is 2. The summed E-state index contributed by atoms with van der Waals surface area (Å²) in [6.45, 7) is 2.91. The summed E-state index contributed by atoms with van der Waals surface area (Å²) < 4.78 is 6.32. The van der Waals surface area contributed by atoms with Gasteiger partial charge < -0.3 is 19.8 Å². The maximum Gasteiger partial charge on any atom is 0.154 e. The number of likely N-dealkylation sites (tertiary alicyclic amines) is 1. The fourth-order valence-corrected chi connectivity index (χ4v) is 4.09. The second-order valence-corrected chi connectivity index (χ2v) is 8.35. The van der Waals surface area contributed by atoms with Gasteiger partial charge in [-0.1, -0.05) is 37.3 Å². The van der Waals surface area contributed by atoms with Crippen LogP contribution < -0.4 is 9.64 Å². The highest BCUT2D eigenvalue weighted by molar-refractivity contribution is 5.46. The summed E-state index contributed by atoms with van der Waals surface area (Å²) in [5, 5.41) is 21.3. The molecule has 0 saturated carbocycles.